The van der Waals surface area contributed by atoms with Crippen LogP contribution >= 0.6 is 0 Å². The zero-order valence-electron chi connectivity index (χ0n) is 10.9. The van der Waals surface area contributed by atoms with Crippen molar-refractivity contribution in [3.8, 4) is 5.75 Å². The number of hydrogen-bond acceptors (Lipinski definition) is 3. The molecule has 1 aliphatic carbocycles. The minimum absolute atomic E-state index is 0.151. The molecule has 0 unspecified atom stereocenters. The molecule has 4 nitrogen and oxygen atoms in total. The zero-order valence-corrected chi connectivity index (χ0v) is 10.9. The van der Waals surface area contributed by atoms with Crippen LogP contribution in [-0.4, -0.2) is 22.2 Å². The molecule has 18 heavy (non-hydrogen) atoms. The van der Waals surface area contributed by atoms with Gasteiger partial charge in [0.15, 0.2) is 0 Å². The summed E-state index contributed by atoms with van der Waals surface area (Å²) in [4.78, 5) is 15.5. The molecule has 0 spiro atoms. The average Bonchev–Trinajstić information content (AvgIpc) is 2.28. The Bertz CT molecular complexity index is 451. The summed E-state index contributed by atoms with van der Waals surface area (Å²) >= 11 is 0. The lowest BCUT2D eigenvalue weighted by molar-refractivity contribution is 0.0684. The molecular formula is C14H19NO3. The molecule has 1 saturated carbocycles. The van der Waals surface area contributed by atoms with Gasteiger partial charge in [0.25, 0.3) is 0 Å². The summed E-state index contributed by atoms with van der Waals surface area (Å²) in [6.07, 6.45) is 5.75. The van der Waals surface area contributed by atoms with Gasteiger partial charge < -0.3 is 9.84 Å². The first-order valence-electron chi connectivity index (χ1n) is 6.46. The van der Waals surface area contributed by atoms with Crippen molar-refractivity contribution in [2.24, 2.45) is 0 Å². The predicted molar refractivity (Wildman–Crippen MR) is 68.2 cm³/mol. The van der Waals surface area contributed by atoms with E-state index in [0.717, 1.165) is 31.4 Å². The molecule has 1 N–H and O–H groups in total. The van der Waals surface area contributed by atoms with Gasteiger partial charge in [-0.1, -0.05) is 6.42 Å². The quantitative estimate of drug-likeness (QED) is 0.894. The topological polar surface area (TPSA) is 59.4 Å². The van der Waals surface area contributed by atoms with Crippen LogP contribution in [0, 0.1) is 13.8 Å². The fourth-order valence-electron chi connectivity index (χ4n) is 2.51. The third-order valence-electron chi connectivity index (χ3n) is 3.35. The highest BCUT2D eigenvalue weighted by Crippen LogP contribution is 2.28. The highest BCUT2D eigenvalue weighted by atomic mass is 16.5. The van der Waals surface area contributed by atoms with Crippen molar-refractivity contribution in [1.82, 2.24) is 4.98 Å². The van der Waals surface area contributed by atoms with Gasteiger partial charge in [0, 0.05) is 11.8 Å². The van der Waals surface area contributed by atoms with Crippen LogP contribution in [0.15, 0.2) is 6.07 Å². The van der Waals surface area contributed by atoms with Crippen LogP contribution in [0.4, 0.5) is 0 Å². The van der Waals surface area contributed by atoms with E-state index in [0.29, 0.717) is 11.4 Å². The second kappa shape index (κ2) is 5.38. The molecule has 2 rings (SSSR count). The normalized spacial score (nSPS) is 16.6. The largest absolute Gasteiger partial charge is 0.489 e. The number of aromatic nitrogens is 1. The Morgan fingerprint density at radius 1 is 1.33 bits per heavy atom. The monoisotopic (exact) mass is 249 g/mol. The van der Waals surface area contributed by atoms with Gasteiger partial charge in [0.2, 0.25) is 0 Å². The number of rotatable bonds is 3. The zero-order chi connectivity index (χ0) is 13.1. The van der Waals surface area contributed by atoms with Crippen LogP contribution in [0.1, 0.15) is 53.8 Å². The lowest BCUT2D eigenvalue weighted by atomic mass is 9.97. The minimum Gasteiger partial charge on any atom is -0.489 e. The molecule has 0 bridgehead atoms. The summed E-state index contributed by atoms with van der Waals surface area (Å²) in [5.74, 6) is -0.495. The molecule has 1 aromatic rings. The van der Waals surface area contributed by atoms with Crippen molar-refractivity contribution in [1.29, 1.82) is 0 Å². The van der Waals surface area contributed by atoms with Gasteiger partial charge in [-0.25, -0.2) is 4.79 Å². The smallest absolute Gasteiger partial charge is 0.341 e. The predicted octanol–water partition coefficient (Wildman–Crippen LogP) is 3.11. The average molecular weight is 249 g/mol. The van der Waals surface area contributed by atoms with Crippen LogP contribution in [0.3, 0.4) is 0 Å². The second-order valence-corrected chi connectivity index (χ2v) is 4.91. The molecule has 4 heteroatoms. The molecule has 1 aromatic heterocycles. The van der Waals surface area contributed by atoms with Crippen molar-refractivity contribution >= 4 is 5.97 Å². The van der Waals surface area contributed by atoms with E-state index in [1.807, 2.05) is 6.92 Å². The first kappa shape index (κ1) is 12.9. The van der Waals surface area contributed by atoms with E-state index in [-0.39, 0.29) is 11.7 Å². The Hall–Kier alpha value is -1.58. The third kappa shape index (κ3) is 2.81. The van der Waals surface area contributed by atoms with E-state index in [4.69, 9.17) is 4.74 Å². The number of carbonyl (C=O) groups is 1. The number of aryl methyl sites for hydroxylation is 2. The number of aromatic carboxylic acids is 1. The second-order valence-electron chi connectivity index (χ2n) is 4.91. The number of ether oxygens (including phenoxy) is 1. The number of carboxylic acids is 1. The number of carboxylic acid groups (broad SMARTS) is 1. The summed E-state index contributed by atoms with van der Waals surface area (Å²) in [6.45, 7) is 3.57. The third-order valence-corrected chi connectivity index (χ3v) is 3.35. The Balaban J connectivity index is 2.27. The fourth-order valence-corrected chi connectivity index (χ4v) is 2.51. The van der Waals surface area contributed by atoms with Gasteiger partial charge in [-0.15, -0.1) is 0 Å². The van der Waals surface area contributed by atoms with Crippen LogP contribution < -0.4 is 4.74 Å². The highest BCUT2D eigenvalue weighted by Gasteiger charge is 2.21. The SMILES string of the molecule is Cc1cc(OC2CCCCC2)c(C(=O)O)c(C)n1. The standard InChI is InChI=1S/C14H19NO3/c1-9-8-12(13(14(16)17)10(2)15-9)18-11-6-4-3-5-7-11/h8,11H,3-7H2,1-2H3,(H,16,17). The van der Waals surface area contributed by atoms with Gasteiger partial charge in [-0.2, -0.15) is 0 Å². The van der Waals surface area contributed by atoms with E-state index >= 15 is 0 Å². The number of hydrogen-bond donors (Lipinski definition) is 1. The molecule has 1 fully saturated rings. The van der Waals surface area contributed by atoms with Gasteiger partial charge in [0.05, 0.1) is 11.8 Å². The maximum atomic E-state index is 11.3. The maximum Gasteiger partial charge on any atom is 0.341 e. The summed E-state index contributed by atoms with van der Waals surface area (Å²) in [7, 11) is 0. The maximum absolute atomic E-state index is 11.3. The molecule has 98 valence electrons. The van der Waals surface area contributed by atoms with Gasteiger partial charge >= 0.3 is 5.97 Å². The minimum atomic E-state index is -0.967. The lowest BCUT2D eigenvalue weighted by Gasteiger charge is -2.24. The summed E-state index contributed by atoms with van der Waals surface area (Å²) in [6, 6.07) is 1.73. The molecule has 0 amide bonds. The van der Waals surface area contributed by atoms with Crippen molar-refractivity contribution in [3.05, 3.63) is 23.0 Å². The Kier molecular flexibility index (Phi) is 3.84. The molecule has 0 radical (unpaired) electrons. The first-order valence-corrected chi connectivity index (χ1v) is 6.46. The van der Waals surface area contributed by atoms with Crippen molar-refractivity contribution in [2.45, 2.75) is 52.1 Å². The highest BCUT2D eigenvalue weighted by molar-refractivity contribution is 5.92. The van der Waals surface area contributed by atoms with Gasteiger partial charge in [-0.05, 0) is 39.5 Å². The van der Waals surface area contributed by atoms with E-state index in [1.54, 1.807) is 13.0 Å². The first-order chi connectivity index (χ1) is 8.58. The Morgan fingerprint density at radius 2 is 2.00 bits per heavy atom. The van der Waals surface area contributed by atoms with E-state index in [2.05, 4.69) is 4.98 Å². The van der Waals surface area contributed by atoms with Gasteiger partial charge in [0.1, 0.15) is 11.3 Å². The molecule has 1 aliphatic rings. The van der Waals surface area contributed by atoms with Crippen LogP contribution in [-0.2, 0) is 0 Å². The fraction of sp³-hybridized carbons (Fsp3) is 0.571. The van der Waals surface area contributed by atoms with Crippen molar-refractivity contribution in [3.63, 3.8) is 0 Å². The molecule has 0 aromatic carbocycles. The Morgan fingerprint density at radius 3 is 2.61 bits per heavy atom. The van der Waals surface area contributed by atoms with Crippen LogP contribution in [0.5, 0.6) is 5.75 Å². The van der Waals surface area contributed by atoms with Crippen LogP contribution in [0.25, 0.3) is 0 Å². The summed E-state index contributed by atoms with van der Waals surface area (Å²) in [5.41, 5.74) is 1.52. The van der Waals surface area contributed by atoms with E-state index in [1.165, 1.54) is 6.42 Å². The van der Waals surface area contributed by atoms with Crippen molar-refractivity contribution in [2.75, 3.05) is 0 Å². The molecule has 0 aliphatic heterocycles. The molecule has 1 heterocycles. The number of nitrogens with zero attached hydrogens (tertiary/aromatic N) is 1. The summed E-state index contributed by atoms with van der Waals surface area (Å²) in [5, 5.41) is 9.25. The van der Waals surface area contributed by atoms with E-state index < -0.39 is 5.97 Å². The molecule has 0 atom stereocenters. The molecular weight excluding hydrogens is 230 g/mol. The van der Waals surface area contributed by atoms with Gasteiger partial charge in [-0.3, -0.25) is 4.98 Å². The molecule has 0 saturated heterocycles. The van der Waals surface area contributed by atoms with Crippen molar-refractivity contribution < 1.29 is 14.6 Å². The summed E-state index contributed by atoms with van der Waals surface area (Å²) < 4.78 is 5.89. The lowest BCUT2D eigenvalue weighted by Crippen LogP contribution is -2.21. The Labute approximate surface area is 107 Å². The van der Waals surface area contributed by atoms with E-state index in [9.17, 15) is 9.90 Å². The van der Waals surface area contributed by atoms with Crippen LogP contribution in [0.2, 0.25) is 0 Å². The number of pyridine rings is 1.